The zero-order valence-electron chi connectivity index (χ0n) is 38.0. The number of likely N-dealkylation sites (tertiary alicyclic amines) is 2. The van der Waals surface area contributed by atoms with Gasteiger partial charge in [-0.25, -0.2) is 4.79 Å². The molecule has 0 radical (unpaired) electrons. The summed E-state index contributed by atoms with van der Waals surface area (Å²) in [5.74, 6) is -0.132. The largest absolute Gasteiger partial charge is 0.506 e. The molecule has 14 heteroatoms. The van der Waals surface area contributed by atoms with Crippen molar-refractivity contribution in [3.63, 3.8) is 0 Å². The number of amides is 2. The summed E-state index contributed by atoms with van der Waals surface area (Å²) in [5.41, 5.74) is 0.424. The molecule has 2 atom stereocenters. The van der Waals surface area contributed by atoms with Crippen molar-refractivity contribution in [1.82, 2.24) is 25.4 Å². The first kappa shape index (κ1) is 47.4. The summed E-state index contributed by atoms with van der Waals surface area (Å²) in [6.07, 6.45) is 5.41. The molecule has 67 heavy (non-hydrogen) atoms. The van der Waals surface area contributed by atoms with E-state index < -0.39 is 17.7 Å². The number of carbonyl (C=O) groups excluding carboxylic acids is 3. The molecule has 1 saturated carbocycles. The number of phenolic OH excluding ortho intramolecular Hbond substituents is 1. The number of carbonyl (C=O) groups is 3. The molecule has 1 aliphatic carbocycles. The summed E-state index contributed by atoms with van der Waals surface area (Å²) in [5, 5.41) is 40.3. The van der Waals surface area contributed by atoms with Gasteiger partial charge in [0.15, 0.2) is 6.61 Å². The number of ether oxygens (including phenoxy) is 2. The van der Waals surface area contributed by atoms with Crippen LogP contribution in [0.25, 0.3) is 10.9 Å². The zero-order chi connectivity index (χ0) is 46.8. The normalized spacial score (nSPS) is 19.9. The number of nitrogens with zero attached hydrogens (tertiary/aromatic N) is 2. The van der Waals surface area contributed by atoms with Crippen LogP contribution in [0.4, 0.5) is 0 Å². The molecular weight excluding hydrogens is 851 g/mol. The van der Waals surface area contributed by atoms with Crippen molar-refractivity contribution in [3.05, 3.63) is 142 Å². The van der Waals surface area contributed by atoms with Gasteiger partial charge in [-0.3, -0.25) is 19.3 Å². The van der Waals surface area contributed by atoms with Gasteiger partial charge in [-0.1, -0.05) is 78.9 Å². The Morgan fingerprint density at radius 2 is 1.46 bits per heavy atom. The third-order valence-electron chi connectivity index (χ3n) is 13.9. The van der Waals surface area contributed by atoms with E-state index in [2.05, 4.69) is 44.8 Å². The number of pyridine rings is 1. The molecule has 6 N–H and O–H groups in total. The Labute approximate surface area is 391 Å². The van der Waals surface area contributed by atoms with Crippen molar-refractivity contribution in [2.45, 2.75) is 75.7 Å². The maximum atomic E-state index is 13.9. The van der Waals surface area contributed by atoms with Crippen LogP contribution in [0, 0.1) is 17.8 Å². The van der Waals surface area contributed by atoms with Gasteiger partial charge in [0.1, 0.15) is 11.5 Å². The summed E-state index contributed by atoms with van der Waals surface area (Å²) < 4.78 is 11.8. The second-order valence-electron chi connectivity index (χ2n) is 18.5. The smallest absolute Gasteiger partial charge is 0.347 e. The van der Waals surface area contributed by atoms with Gasteiger partial charge >= 0.3 is 5.97 Å². The number of rotatable bonds is 17. The highest BCUT2D eigenvalue weighted by Crippen LogP contribution is 2.35. The quantitative estimate of drug-likeness (QED) is 0.0642. The highest BCUT2D eigenvalue weighted by molar-refractivity contribution is 5.87. The van der Waals surface area contributed by atoms with Gasteiger partial charge in [0, 0.05) is 55.2 Å². The molecular formula is C53H63N5O9. The minimum absolute atomic E-state index is 0.0475. The fraction of sp³-hybridized carbons (Fsp3) is 0.434. The Balaban J connectivity index is 0.752. The molecule has 2 saturated heterocycles. The maximum Gasteiger partial charge on any atom is 0.347 e. The number of piperidine rings is 2. The number of H-pyrrole nitrogens is 1. The molecule has 0 unspecified atom stereocenters. The van der Waals surface area contributed by atoms with Crippen molar-refractivity contribution in [3.8, 4) is 11.5 Å². The Hall–Kier alpha value is -6.06. The summed E-state index contributed by atoms with van der Waals surface area (Å²) in [6.45, 7) is 5.02. The van der Waals surface area contributed by atoms with E-state index in [0.717, 1.165) is 45.3 Å². The number of aromatic hydroxyl groups is 1. The van der Waals surface area contributed by atoms with Gasteiger partial charge in [-0.2, -0.15) is 0 Å². The third kappa shape index (κ3) is 11.9. The van der Waals surface area contributed by atoms with Crippen molar-refractivity contribution in [2.24, 2.45) is 17.8 Å². The number of aromatic amines is 1. The monoisotopic (exact) mass is 913 g/mol. The van der Waals surface area contributed by atoms with Crippen molar-refractivity contribution < 1.29 is 39.2 Å². The molecule has 3 heterocycles. The molecule has 4 aromatic carbocycles. The number of hydrogen-bond acceptors (Lipinski definition) is 11. The summed E-state index contributed by atoms with van der Waals surface area (Å²) in [7, 11) is 0. The average molecular weight is 914 g/mol. The Morgan fingerprint density at radius 1 is 0.776 bits per heavy atom. The Kier molecular flexibility index (Phi) is 15.7. The van der Waals surface area contributed by atoms with Crippen LogP contribution in [0.15, 0.2) is 114 Å². The molecule has 354 valence electrons. The van der Waals surface area contributed by atoms with Gasteiger partial charge in [0.2, 0.25) is 17.1 Å². The number of hydrogen-bond donors (Lipinski definition) is 6. The predicted octanol–water partition coefficient (Wildman–Crippen LogP) is 5.54. The number of aromatic nitrogens is 1. The topological polar surface area (TPSA) is 194 Å². The molecule has 2 amide bonds. The van der Waals surface area contributed by atoms with E-state index >= 15 is 0 Å². The van der Waals surface area contributed by atoms with Gasteiger partial charge in [-0.05, 0) is 124 Å². The van der Waals surface area contributed by atoms with E-state index in [9.17, 15) is 34.5 Å². The number of phenols is 1. The SMILES string of the molecule is O=C(COc1cccc([C@](O)(C(=O)OCC2CCN(Cc3ccccc3)CC2)c2ccccc2)c1)NC1CCC(C(=O)N2CCC(CNC[C@H](O)c3ccc(O)c4[nH]c(=O)ccc34)CC2)CC1. The van der Waals surface area contributed by atoms with Crippen molar-refractivity contribution >= 4 is 28.7 Å². The summed E-state index contributed by atoms with van der Waals surface area (Å²) in [4.78, 5) is 59.3. The van der Waals surface area contributed by atoms with Crippen LogP contribution in [0.2, 0.25) is 0 Å². The minimum atomic E-state index is -2.09. The van der Waals surface area contributed by atoms with E-state index in [-0.39, 0.29) is 59.8 Å². The standard InChI is InChI=1S/C53H63N5O9/c59-46-20-18-44(45-19-21-48(61)56-50(45)46)47(60)32-54-31-36-24-28-58(29-25-36)51(63)39-14-16-42(17-15-39)55-49(62)35-66-43-13-7-12-41(30-43)53(65,40-10-5-2-6-11-40)52(64)67-34-38-22-26-57(27-23-38)33-37-8-3-1-4-9-37/h1-13,18-21,30,36,38-39,42,47,54,59-60,65H,14-17,22-29,31-35H2,(H,55,62)(H,56,61)/t39?,42?,47-,53-/m0/s1. The molecule has 0 bridgehead atoms. The number of aliphatic hydroxyl groups is 2. The number of nitrogens with one attached hydrogen (secondary N) is 3. The molecule has 1 aromatic heterocycles. The fourth-order valence-corrected chi connectivity index (χ4v) is 9.95. The maximum absolute atomic E-state index is 13.9. The lowest BCUT2D eigenvalue weighted by molar-refractivity contribution is -0.164. The van der Waals surface area contributed by atoms with Crippen LogP contribution >= 0.6 is 0 Å². The lowest BCUT2D eigenvalue weighted by atomic mass is 9.84. The lowest BCUT2D eigenvalue weighted by Crippen LogP contribution is -2.46. The van der Waals surface area contributed by atoms with Crippen molar-refractivity contribution in [2.75, 3.05) is 52.5 Å². The Morgan fingerprint density at radius 3 is 2.19 bits per heavy atom. The second kappa shape index (κ2) is 22.2. The molecule has 3 fully saturated rings. The first-order chi connectivity index (χ1) is 32.5. The molecule has 3 aliphatic rings. The van der Waals surface area contributed by atoms with Gasteiger partial charge in [0.05, 0.1) is 18.2 Å². The average Bonchev–Trinajstić information content (AvgIpc) is 3.36. The highest BCUT2D eigenvalue weighted by atomic mass is 16.5. The Bertz CT molecular complexity index is 2500. The van der Waals surface area contributed by atoms with Crippen LogP contribution in [0.3, 0.4) is 0 Å². The fourth-order valence-electron chi connectivity index (χ4n) is 9.95. The van der Waals surface area contributed by atoms with Crippen LogP contribution in [-0.4, -0.2) is 106 Å². The first-order valence-electron chi connectivity index (χ1n) is 23.8. The summed E-state index contributed by atoms with van der Waals surface area (Å²) >= 11 is 0. The van der Waals surface area contributed by atoms with Crippen LogP contribution in [-0.2, 0) is 31.3 Å². The molecule has 0 spiro atoms. The van der Waals surface area contributed by atoms with E-state index in [4.69, 9.17) is 9.47 Å². The number of fused-ring (bicyclic) bond motifs is 1. The first-order valence-corrected chi connectivity index (χ1v) is 23.8. The van der Waals surface area contributed by atoms with E-state index in [0.29, 0.717) is 85.6 Å². The van der Waals surface area contributed by atoms with E-state index in [1.165, 1.54) is 17.7 Å². The number of aliphatic hydroxyl groups excluding tert-OH is 1. The summed E-state index contributed by atoms with van der Waals surface area (Å²) in [6, 6.07) is 31.8. The van der Waals surface area contributed by atoms with Crippen molar-refractivity contribution in [1.29, 1.82) is 0 Å². The third-order valence-corrected chi connectivity index (χ3v) is 13.9. The molecule has 14 nitrogen and oxygen atoms in total. The van der Waals surface area contributed by atoms with E-state index in [1.54, 1.807) is 60.7 Å². The number of esters is 1. The van der Waals surface area contributed by atoms with Crippen LogP contribution in [0.5, 0.6) is 11.5 Å². The molecule has 5 aromatic rings. The zero-order valence-corrected chi connectivity index (χ0v) is 38.0. The van der Waals surface area contributed by atoms with E-state index in [1.807, 2.05) is 17.0 Å². The minimum Gasteiger partial charge on any atom is -0.506 e. The molecule has 8 rings (SSSR count). The van der Waals surface area contributed by atoms with Crippen LogP contribution in [0.1, 0.15) is 79.7 Å². The van der Waals surface area contributed by atoms with Gasteiger partial charge in [-0.15, -0.1) is 0 Å². The molecule has 2 aliphatic heterocycles. The highest BCUT2D eigenvalue weighted by Gasteiger charge is 2.42. The van der Waals surface area contributed by atoms with Gasteiger partial charge < -0.3 is 45.3 Å². The lowest BCUT2D eigenvalue weighted by Gasteiger charge is -2.36. The number of benzene rings is 4. The van der Waals surface area contributed by atoms with Crippen LogP contribution < -0.4 is 20.9 Å². The van der Waals surface area contributed by atoms with Gasteiger partial charge in [0.25, 0.3) is 5.91 Å². The second-order valence-corrected chi connectivity index (χ2v) is 18.5. The predicted molar refractivity (Wildman–Crippen MR) is 254 cm³/mol.